The Kier molecular flexibility index (Phi) is 6.49. The molecule has 7 nitrogen and oxygen atoms in total. The zero-order valence-electron chi connectivity index (χ0n) is 16.3. The summed E-state index contributed by atoms with van der Waals surface area (Å²) in [6.07, 6.45) is 0. The van der Waals surface area contributed by atoms with Crippen molar-refractivity contribution in [2.45, 2.75) is 13.8 Å². The van der Waals surface area contributed by atoms with Crippen molar-refractivity contribution < 1.29 is 33.3 Å². The molecule has 29 heavy (non-hydrogen) atoms. The molecule has 0 aromatic heterocycles. The normalized spacial score (nSPS) is 12.0. The molecule has 3 rings (SSSR count). The van der Waals surface area contributed by atoms with Gasteiger partial charge in [0.15, 0.2) is 35.4 Å². The van der Waals surface area contributed by atoms with E-state index in [2.05, 4.69) is 0 Å². The number of fused-ring (bicyclic) bond motifs is 1. The van der Waals surface area contributed by atoms with Gasteiger partial charge in [-0.3, -0.25) is 4.79 Å². The molecular weight excluding hydrogens is 400 g/mol. The van der Waals surface area contributed by atoms with E-state index in [1.165, 1.54) is 19.2 Å². The first kappa shape index (κ1) is 20.8. The SMILES string of the molecule is COc1cc(C(=O)OCC(=O)c2ccc3c(c2)OCO3)cc(Cl)c1OCC(C)C. The lowest BCUT2D eigenvalue weighted by Crippen LogP contribution is -2.14. The van der Waals surface area contributed by atoms with Crippen LogP contribution < -0.4 is 18.9 Å². The molecule has 1 aliphatic heterocycles. The third kappa shape index (κ3) is 4.92. The zero-order valence-corrected chi connectivity index (χ0v) is 17.1. The van der Waals surface area contributed by atoms with E-state index in [-0.39, 0.29) is 23.2 Å². The second-order valence-electron chi connectivity index (χ2n) is 6.76. The van der Waals surface area contributed by atoms with Gasteiger partial charge in [-0.2, -0.15) is 0 Å². The molecule has 0 atom stereocenters. The molecule has 0 amide bonds. The van der Waals surface area contributed by atoms with Gasteiger partial charge in [-0.25, -0.2) is 4.79 Å². The molecule has 1 heterocycles. The van der Waals surface area contributed by atoms with Crippen LogP contribution in [0.1, 0.15) is 34.6 Å². The van der Waals surface area contributed by atoms with Gasteiger partial charge < -0.3 is 23.7 Å². The van der Waals surface area contributed by atoms with Crippen LogP contribution in [0.2, 0.25) is 5.02 Å². The molecule has 0 aliphatic carbocycles. The lowest BCUT2D eigenvalue weighted by molar-refractivity contribution is 0.0474. The molecular formula is C21H21ClO7. The van der Waals surface area contributed by atoms with Crippen molar-refractivity contribution in [3.05, 3.63) is 46.5 Å². The second kappa shape index (κ2) is 9.05. The highest BCUT2D eigenvalue weighted by Crippen LogP contribution is 2.37. The van der Waals surface area contributed by atoms with E-state index in [0.29, 0.717) is 41.1 Å². The standard InChI is InChI=1S/C21H21ClO7/c1-12(2)9-26-20-15(22)6-14(8-19(20)25-3)21(24)27-10-16(23)13-4-5-17-18(7-13)29-11-28-17/h4-8,12H,9-11H2,1-3H3. The Morgan fingerprint density at radius 3 is 2.59 bits per heavy atom. The Morgan fingerprint density at radius 1 is 1.10 bits per heavy atom. The molecule has 0 saturated carbocycles. The fourth-order valence-electron chi connectivity index (χ4n) is 2.60. The van der Waals surface area contributed by atoms with Crippen LogP contribution in [-0.4, -0.2) is 38.9 Å². The molecule has 1 aliphatic rings. The number of ketones is 1. The van der Waals surface area contributed by atoms with E-state index in [1.807, 2.05) is 13.8 Å². The summed E-state index contributed by atoms with van der Waals surface area (Å²) in [4.78, 5) is 24.7. The number of halogens is 1. The number of hydrogen-bond acceptors (Lipinski definition) is 7. The lowest BCUT2D eigenvalue weighted by Gasteiger charge is -2.15. The van der Waals surface area contributed by atoms with Crippen molar-refractivity contribution >= 4 is 23.4 Å². The van der Waals surface area contributed by atoms with Gasteiger partial charge in [0, 0.05) is 5.56 Å². The monoisotopic (exact) mass is 420 g/mol. The number of hydrogen-bond donors (Lipinski definition) is 0. The number of methoxy groups -OCH3 is 1. The van der Waals surface area contributed by atoms with Crippen molar-refractivity contribution in [3.8, 4) is 23.0 Å². The Balaban J connectivity index is 1.67. The summed E-state index contributed by atoms with van der Waals surface area (Å²) >= 11 is 6.25. The van der Waals surface area contributed by atoms with Crippen LogP contribution in [0.15, 0.2) is 30.3 Å². The van der Waals surface area contributed by atoms with E-state index < -0.39 is 12.6 Å². The van der Waals surface area contributed by atoms with Gasteiger partial charge in [-0.1, -0.05) is 25.4 Å². The lowest BCUT2D eigenvalue weighted by atomic mass is 10.1. The third-order valence-corrected chi connectivity index (χ3v) is 4.34. The van der Waals surface area contributed by atoms with Gasteiger partial charge >= 0.3 is 5.97 Å². The molecule has 0 bridgehead atoms. The third-order valence-electron chi connectivity index (χ3n) is 4.06. The highest BCUT2D eigenvalue weighted by Gasteiger charge is 2.20. The number of rotatable bonds is 8. The molecule has 2 aromatic carbocycles. The largest absolute Gasteiger partial charge is 0.493 e. The highest BCUT2D eigenvalue weighted by molar-refractivity contribution is 6.32. The van der Waals surface area contributed by atoms with E-state index in [4.69, 9.17) is 35.3 Å². The van der Waals surface area contributed by atoms with Crippen molar-refractivity contribution in [2.75, 3.05) is 27.1 Å². The summed E-state index contributed by atoms with van der Waals surface area (Å²) < 4.78 is 26.5. The van der Waals surface area contributed by atoms with Crippen molar-refractivity contribution in [2.24, 2.45) is 5.92 Å². The molecule has 0 radical (unpaired) electrons. The average Bonchev–Trinajstić information content (AvgIpc) is 3.17. The predicted octanol–water partition coefficient (Wildman–Crippen LogP) is 4.15. The van der Waals surface area contributed by atoms with Crippen LogP contribution in [0.25, 0.3) is 0 Å². The van der Waals surface area contributed by atoms with Gasteiger partial charge in [-0.15, -0.1) is 0 Å². The van der Waals surface area contributed by atoms with Crippen LogP contribution in [0, 0.1) is 5.92 Å². The summed E-state index contributed by atoms with van der Waals surface area (Å²) in [6.45, 7) is 4.14. The minimum Gasteiger partial charge on any atom is -0.493 e. The Bertz CT molecular complexity index is 923. The number of ether oxygens (including phenoxy) is 5. The summed E-state index contributed by atoms with van der Waals surface area (Å²) in [5.74, 6) is 0.947. The van der Waals surface area contributed by atoms with Gasteiger partial charge in [0.05, 0.1) is 24.3 Å². The fraction of sp³-hybridized carbons (Fsp3) is 0.333. The van der Waals surface area contributed by atoms with Crippen molar-refractivity contribution in [3.63, 3.8) is 0 Å². The Hall–Kier alpha value is -2.93. The summed E-state index contributed by atoms with van der Waals surface area (Å²) in [7, 11) is 1.45. The quantitative estimate of drug-likeness (QED) is 0.468. The first-order valence-electron chi connectivity index (χ1n) is 8.99. The van der Waals surface area contributed by atoms with Gasteiger partial charge in [0.25, 0.3) is 0 Å². The Labute approximate surface area is 173 Å². The van der Waals surface area contributed by atoms with Crippen molar-refractivity contribution in [1.82, 2.24) is 0 Å². The van der Waals surface area contributed by atoms with Crippen LogP contribution in [0.4, 0.5) is 0 Å². The Morgan fingerprint density at radius 2 is 1.86 bits per heavy atom. The molecule has 0 spiro atoms. The molecule has 154 valence electrons. The predicted molar refractivity (Wildman–Crippen MR) is 106 cm³/mol. The smallest absolute Gasteiger partial charge is 0.338 e. The zero-order chi connectivity index (χ0) is 21.0. The highest BCUT2D eigenvalue weighted by atomic mass is 35.5. The molecule has 8 heteroatoms. The van der Waals surface area contributed by atoms with E-state index >= 15 is 0 Å². The number of esters is 1. The minimum absolute atomic E-state index is 0.113. The number of carbonyl (C=O) groups excluding carboxylic acids is 2. The first-order chi connectivity index (χ1) is 13.9. The average molecular weight is 421 g/mol. The number of Topliss-reactive ketones (excluding diaryl/α,β-unsaturated/α-hetero) is 1. The van der Waals surface area contributed by atoms with Crippen LogP contribution >= 0.6 is 11.6 Å². The summed E-state index contributed by atoms with van der Waals surface area (Å²) in [5, 5.41) is 0.221. The van der Waals surface area contributed by atoms with Gasteiger partial charge in [-0.05, 0) is 36.2 Å². The maximum atomic E-state index is 12.4. The molecule has 0 saturated heterocycles. The topological polar surface area (TPSA) is 80.3 Å². The van der Waals surface area contributed by atoms with Gasteiger partial charge in [0.2, 0.25) is 6.79 Å². The van der Waals surface area contributed by atoms with Crippen molar-refractivity contribution in [1.29, 1.82) is 0 Å². The molecule has 2 aromatic rings. The summed E-state index contributed by atoms with van der Waals surface area (Å²) in [5.41, 5.74) is 0.511. The molecule has 0 N–H and O–H groups in total. The van der Waals surface area contributed by atoms with Crippen LogP contribution in [0.3, 0.4) is 0 Å². The maximum absolute atomic E-state index is 12.4. The van der Waals surface area contributed by atoms with Crippen LogP contribution in [-0.2, 0) is 4.74 Å². The maximum Gasteiger partial charge on any atom is 0.338 e. The van der Waals surface area contributed by atoms with E-state index in [0.717, 1.165) is 0 Å². The fourth-order valence-corrected chi connectivity index (χ4v) is 2.86. The van der Waals surface area contributed by atoms with E-state index in [9.17, 15) is 9.59 Å². The second-order valence-corrected chi connectivity index (χ2v) is 7.17. The number of benzene rings is 2. The van der Waals surface area contributed by atoms with Crippen LogP contribution in [0.5, 0.6) is 23.0 Å². The molecule has 0 fully saturated rings. The van der Waals surface area contributed by atoms with E-state index in [1.54, 1.807) is 18.2 Å². The molecule has 0 unspecified atom stereocenters. The minimum atomic E-state index is -0.699. The van der Waals surface area contributed by atoms with Gasteiger partial charge in [0.1, 0.15) is 0 Å². The summed E-state index contributed by atoms with van der Waals surface area (Å²) in [6, 6.07) is 7.67. The first-order valence-corrected chi connectivity index (χ1v) is 9.37. The number of carbonyl (C=O) groups is 2.